The molecule has 2 N–H and O–H groups in total. The van der Waals surface area contributed by atoms with Crippen LogP contribution in [-0.4, -0.2) is 61.4 Å². The maximum Gasteiger partial charge on any atom is 0.255 e. The smallest absolute Gasteiger partial charge is 0.255 e. The highest BCUT2D eigenvalue weighted by Gasteiger charge is 2.29. The Bertz CT molecular complexity index is 525. The molecule has 6 nitrogen and oxygen atoms in total. The summed E-state index contributed by atoms with van der Waals surface area (Å²) in [6.45, 7) is 7.83. The van der Waals surface area contributed by atoms with E-state index in [0.29, 0.717) is 12.3 Å². The minimum atomic E-state index is -0.290. The highest BCUT2D eigenvalue weighted by atomic mass is 16.5. The van der Waals surface area contributed by atoms with Crippen molar-refractivity contribution in [3.05, 3.63) is 23.8 Å². The molecule has 0 aromatic heterocycles. The molecule has 0 unspecified atom stereocenters. The monoisotopic (exact) mass is 308 g/mol. The number of aromatic hydroxyl groups is 1. The second kappa shape index (κ2) is 6.98. The number of methoxy groups -OCH3 is 1. The van der Waals surface area contributed by atoms with E-state index in [1.54, 1.807) is 12.1 Å². The fourth-order valence-corrected chi connectivity index (χ4v) is 2.50. The van der Waals surface area contributed by atoms with E-state index in [-0.39, 0.29) is 22.8 Å². The van der Waals surface area contributed by atoms with Crippen LogP contribution in [0.5, 0.6) is 11.5 Å². The average molecular weight is 308 g/mol. The number of phenolic OH excluding ortho intramolecular Hbond substituents is 1. The van der Waals surface area contributed by atoms with Gasteiger partial charge in [-0.25, -0.2) is 0 Å². The molecule has 1 aliphatic rings. The molecular formula is C16H24N2O4. The van der Waals surface area contributed by atoms with Gasteiger partial charge in [-0.15, -0.1) is 0 Å². The Morgan fingerprint density at radius 1 is 1.41 bits per heavy atom. The van der Waals surface area contributed by atoms with Crippen molar-refractivity contribution in [2.45, 2.75) is 19.4 Å². The molecular weight excluding hydrogens is 284 g/mol. The first-order valence-corrected chi connectivity index (χ1v) is 7.42. The van der Waals surface area contributed by atoms with Gasteiger partial charge in [-0.05, 0) is 26.0 Å². The van der Waals surface area contributed by atoms with Crippen LogP contribution in [0.4, 0.5) is 0 Å². The minimum Gasteiger partial charge on any atom is -0.507 e. The van der Waals surface area contributed by atoms with Crippen LogP contribution in [0, 0.1) is 0 Å². The largest absolute Gasteiger partial charge is 0.507 e. The van der Waals surface area contributed by atoms with Crippen molar-refractivity contribution in [2.24, 2.45) is 0 Å². The number of ether oxygens (including phenoxy) is 2. The molecule has 0 atom stereocenters. The molecule has 1 aromatic carbocycles. The molecule has 1 aliphatic heterocycles. The number of benzene rings is 1. The summed E-state index contributed by atoms with van der Waals surface area (Å²) < 4.78 is 10.4. The van der Waals surface area contributed by atoms with Gasteiger partial charge in [0.2, 0.25) is 0 Å². The molecule has 1 saturated heterocycles. The van der Waals surface area contributed by atoms with Crippen LogP contribution in [-0.2, 0) is 4.74 Å². The van der Waals surface area contributed by atoms with Crippen LogP contribution >= 0.6 is 0 Å². The lowest BCUT2D eigenvalue weighted by Gasteiger charge is -2.40. The van der Waals surface area contributed by atoms with Gasteiger partial charge >= 0.3 is 0 Å². The van der Waals surface area contributed by atoms with Crippen LogP contribution in [0.3, 0.4) is 0 Å². The third-order valence-corrected chi connectivity index (χ3v) is 4.00. The van der Waals surface area contributed by atoms with E-state index in [2.05, 4.69) is 24.1 Å². The first-order valence-electron chi connectivity index (χ1n) is 7.42. The summed E-state index contributed by atoms with van der Waals surface area (Å²) in [6.07, 6.45) is 0. The standard InChI is InChI=1S/C16H24N2O4/c1-16(2,18-6-8-22-9-7-18)11-17-15(20)13-5-4-12(21-3)10-14(13)19/h4-5,10,19H,6-9,11H2,1-3H3,(H,17,20). The number of morpholine rings is 1. The molecule has 1 aromatic rings. The molecule has 2 rings (SSSR count). The molecule has 1 amide bonds. The molecule has 122 valence electrons. The Morgan fingerprint density at radius 3 is 2.68 bits per heavy atom. The summed E-state index contributed by atoms with van der Waals surface area (Å²) >= 11 is 0. The van der Waals surface area contributed by atoms with Crippen LogP contribution in [0.25, 0.3) is 0 Å². The van der Waals surface area contributed by atoms with Crippen molar-refractivity contribution in [1.29, 1.82) is 0 Å². The second-order valence-electron chi connectivity index (χ2n) is 5.98. The fourth-order valence-electron chi connectivity index (χ4n) is 2.50. The number of carbonyl (C=O) groups is 1. The Morgan fingerprint density at radius 2 is 2.09 bits per heavy atom. The zero-order chi connectivity index (χ0) is 16.2. The highest BCUT2D eigenvalue weighted by Crippen LogP contribution is 2.23. The van der Waals surface area contributed by atoms with Gasteiger partial charge in [-0.2, -0.15) is 0 Å². The number of hydrogen-bond acceptors (Lipinski definition) is 5. The number of nitrogens with zero attached hydrogens (tertiary/aromatic N) is 1. The highest BCUT2D eigenvalue weighted by molar-refractivity contribution is 5.97. The molecule has 1 fully saturated rings. The van der Waals surface area contributed by atoms with Gasteiger partial charge in [0.15, 0.2) is 0 Å². The molecule has 0 aliphatic carbocycles. The van der Waals surface area contributed by atoms with Crippen molar-refractivity contribution in [2.75, 3.05) is 40.0 Å². The van der Waals surface area contributed by atoms with Gasteiger partial charge in [0, 0.05) is 31.2 Å². The molecule has 6 heteroatoms. The Hall–Kier alpha value is -1.79. The van der Waals surface area contributed by atoms with Crippen molar-refractivity contribution in [3.63, 3.8) is 0 Å². The zero-order valence-corrected chi connectivity index (χ0v) is 13.4. The molecule has 0 radical (unpaired) electrons. The number of amides is 1. The lowest BCUT2D eigenvalue weighted by molar-refractivity contribution is -0.00923. The predicted molar refractivity (Wildman–Crippen MR) is 83.5 cm³/mol. The van der Waals surface area contributed by atoms with E-state index in [1.165, 1.54) is 13.2 Å². The third-order valence-electron chi connectivity index (χ3n) is 4.00. The van der Waals surface area contributed by atoms with E-state index in [4.69, 9.17) is 9.47 Å². The number of carbonyl (C=O) groups excluding carboxylic acids is 1. The van der Waals surface area contributed by atoms with E-state index >= 15 is 0 Å². The summed E-state index contributed by atoms with van der Waals surface area (Å²) in [7, 11) is 1.51. The first-order chi connectivity index (χ1) is 10.4. The van der Waals surface area contributed by atoms with Gasteiger partial charge in [0.25, 0.3) is 5.91 Å². The first kappa shape index (κ1) is 16.6. The molecule has 0 bridgehead atoms. The Labute approximate surface area is 131 Å². The number of phenols is 1. The summed E-state index contributed by atoms with van der Waals surface area (Å²) in [5.41, 5.74) is 0.0835. The number of nitrogens with one attached hydrogen (secondary N) is 1. The summed E-state index contributed by atoms with van der Waals surface area (Å²) in [5, 5.41) is 12.8. The van der Waals surface area contributed by atoms with Crippen molar-refractivity contribution < 1.29 is 19.4 Å². The van der Waals surface area contributed by atoms with Crippen LogP contribution in [0.2, 0.25) is 0 Å². The van der Waals surface area contributed by atoms with Crippen molar-refractivity contribution in [3.8, 4) is 11.5 Å². The molecule has 1 heterocycles. The van der Waals surface area contributed by atoms with Crippen molar-refractivity contribution >= 4 is 5.91 Å². The fraction of sp³-hybridized carbons (Fsp3) is 0.562. The maximum atomic E-state index is 12.2. The lowest BCUT2D eigenvalue weighted by atomic mass is 10.0. The predicted octanol–water partition coefficient (Wildman–Crippen LogP) is 1.24. The van der Waals surface area contributed by atoms with Crippen LogP contribution in [0.1, 0.15) is 24.2 Å². The van der Waals surface area contributed by atoms with Crippen molar-refractivity contribution in [1.82, 2.24) is 10.2 Å². The number of rotatable bonds is 5. The average Bonchev–Trinajstić information content (AvgIpc) is 2.53. The van der Waals surface area contributed by atoms with Gasteiger partial charge < -0.3 is 19.9 Å². The maximum absolute atomic E-state index is 12.2. The third kappa shape index (κ3) is 3.90. The molecule has 22 heavy (non-hydrogen) atoms. The summed E-state index contributed by atoms with van der Waals surface area (Å²) in [4.78, 5) is 14.5. The summed E-state index contributed by atoms with van der Waals surface area (Å²) in [5.74, 6) is 0.144. The van der Waals surface area contributed by atoms with E-state index in [0.717, 1.165) is 26.3 Å². The molecule has 0 spiro atoms. The van der Waals surface area contributed by atoms with Gasteiger partial charge in [-0.3, -0.25) is 9.69 Å². The lowest BCUT2D eigenvalue weighted by Crippen LogP contribution is -2.55. The summed E-state index contributed by atoms with van der Waals surface area (Å²) in [6, 6.07) is 4.65. The van der Waals surface area contributed by atoms with Gasteiger partial charge in [0.1, 0.15) is 11.5 Å². The van der Waals surface area contributed by atoms with E-state index in [1.807, 2.05) is 0 Å². The Kier molecular flexibility index (Phi) is 5.26. The van der Waals surface area contributed by atoms with Crippen LogP contribution < -0.4 is 10.1 Å². The normalized spacial score (nSPS) is 16.3. The SMILES string of the molecule is COc1ccc(C(=O)NCC(C)(C)N2CCOCC2)c(O)c1. The van der Waals surface area contributed by atoms with Gasteiger partial charge in [0.05, 0.1) is 25.9 Å². The van der Waals surface area contributed by atoms with Crippen LogP contribution in [0.15, 0.2) is 18.2 Å². The van der Waals surface area contributed by atoms with Gasteiger partial charge in [-0.1, -0.05) is 0 Å². The number of hydrogen-bond donors (Lipinski definition) is 2. The Balaban J connectivity index is 1.97. The van der Waals surface area contributed by atoms with E-state index in [9.17, 15) is 9.90 Å². The van der Waals surface area contributed by atoms with E-state index < -0.39 is 0 Å². The quantitative estimate of drug-likeness (QED) is 0.856. The topological polar surface area (TPSA) is 71.0 Å². The molecule has 0 saturated carbocycles. The zero-order valence-electron chi connectivity index (χ0n) is 13.4. The second-order valence-corrected chi connectivity index (χ2v) is 5.98. The minimum absolute atomic E-state index is 0.0824.